The van der Waals surface area contributed by atoms with Crippen molar-refractivity contribution >= 4 is 22.2 Å². The molecule has 5 nitrogen and oxygen atoms in total. The Morgan fingerprint density at radius 1 is 1.32 bits per heavy atom. The second-order valence-electron chi connectivity index (χ2n) is 4.84. The SMILES string of the molecule is O=C(Cc1ccc([N+](=O)[O-])c2cnccc12)C1CC1. The van der Waals surface area contributed by atoms with Crippen LogP contribution in [0.1, 0.15) is 18.4 Å². The number of carbonyl (C=O) groups excluding carboxylic acids is 1. The second-order valence-corrected chi connectivity index (χ2v) is 4.84. The molecule has 1 heterocycles. The van der Waals surface area contributed by atoms with Gasteiger partial charge in [0.2, 0.25) is 0 Å². The molecule has 19 heavy (non-hydrogen) atoms. The van der Waals surface area contributed by atoms with Gasteiger partial charge in [0.15, 0.2) is 0 Å². The minimum atomic E-state index is -0.420. The largest absolute Gasteiger partial charge is 0.299 e. The number of non-ortho nitro benzene ring substituents is 1. The van der Waals surface area contributed by atoms with Gasteiger partial charge in [0, 0.05) is 30.8 Å². The molecule has 1 fully saturated rings. The summed E-state index contributed by atoms with van der Waals surface area (Å²) in [7, 11) is 0. The molecule has 5 heteroatoms. The van der Waals surface area contributed by atoms with Crippen LogP contribution in [0.15, 0.2) is 30.6 Å². The van der Waals surface area contributed by atoms with E-state index < -0.39 is 4.92 Å². The number of carbonyl (C=O) groups is 1. The van der Waals surface area contributed by atoms with Crippen molar-refractivity contribution in [3.05, 3.63) is 46.3 Å². The molecule has 0 spiro atoms. The van der Waals surface area contributed by atoms with E-state index in [1.807, 2.05) is 0 Å². The lowest BCUT2D eigenvalue weighted by Gasteiger charge is -2.06. The van der Waals surface area contributed by atoms with Crippen LogP contribution in [-0.4, -0.2) is 15.7 Å². The van der Waals surface area contributed by atoms with E-state index in [4.69, 9.17) is 0 Å². The number of nitro benzene ring substituents is 1. The average molecular weight is 256 g/mol. The molecule has 1 aromatic carbocycles. The molecular formula is C14H12N2O3. The number of nitrogens with zero attached hydrogens (tertiary/aromatic N) is 2. The molecule has 1 aliphatic carbocycles. The molecular weight excluding hydrogens is 244 g/mol. The molecule has 0 aliphatic heterocycles. The second kappa shape index (κ2) is 4.42. The Hall–Kier alpha value is -2.30. The Bertz CT molecular complexity index is 677. The van der Waals surface area contributed by atoms with E-state index >= 15 is 0 Å². The summed E-state index contributed by atoms with van der Waals surface area (Å²) in [4.78, 5) is 26.4. The van der Waals surface area contributed by atoms with Crippen LogP contribution in [0.4, 0.5) is 5.69 Å². The van der Waals surface area contributed by atoms with Crippen LogP contribution in [0, 0.1) is 16.0 Å². The summed E-state index contributed by atoms with van der Waals surface area (Å²) in [6.07, 6.45) is 5.38. The maximum atomic E-state index is 11.9. The van der Waals surface area contributed by atoms with E-state index in [1.54, 1.807) is 18.3 Å². The van der Waals surface area contributed by atoms with Crippen molar-refractivity contribution in [3.8, 4) is 0 Å². The van der Waals surface area contributed by atoms with Gasteiger partial charge >= 0.3 is 0 Å². The van der Waals surface area contributed by atoms with Crippen LogP contribution in [0.5, 0.6) is 0 Å². The Morgan fingerprint density at radius 3 is 2.79 bits per heavy atom. The van der Waals surface area contributed by atoms with Crippen LogP contribution in [0.25, 0.3) is 10.8 Å². The van der Waals surface area contributed by atoms with E-state index in [0.29, 0.717) is 11.8 Å². The maximum absolute atomic E-state index is 11.9. The van der Waals surface area contributed by atoms with Crippen molar-refractivity contribution in [2.24, 2.45) is 5.92 Å². The molecule has 0 N–H and O–H groups in total. The van der Waals surface area contributed by atoms with Crippen molar-refractivity contribution in [2.75, 3.05) is 0 Å². The summed E-state index contributed by atoms with van der Waals surface area (Å²) in [5.74, 6) is 0.430. The smallest absolute Gasteiger partial charge is 0.278 e. The summed E-state index contributed by atoms with van der Waals surface area (Å²) in [5.41, 5.74) is 0.880. The first kappa shape index (κ1) is 11.8. The van der Waals surface area contributed by atoms with E-state index in [2.05, 4.69) is 4.98 Å². The molecule has 1 saturated carbocycles. The summed E-state index contributed by atoms with van der Waals surface area (Å²) >= 11 is 0. The fraction of sp³-hybridized carbons (Fsp3) is 0.286. The maximum Gasteiger partial charge on any atom is 0.278 e. The number of hydrogen-bond acceptors (Lipinski definition) is 4. The molecule has 1 aromatic heterocycles. The quantitative estimate of drug-likeness (QED) is 0.622. The van der Waals surface area contributed by atoms with Crippen molar-refractivity contribution in [2.45, 2.75) is 19.3 Å². The van der Waals surface area contributed by atoms with Gasteiger partial charge in [0.05, 0.1) is 10.3 Å². The Kier molecular flexibility index (Phi) is 2.74. The Labute approximate surface area is 109 Å². The van der Waals surface area contributed by atoms with Gasteiger partial charge < -0.3 is 0 Å². The number of pyridine rings is 1. The summed E-state index contributed by atoms with van der Waals surface area (Å²) in [6.45, 7) is 0. The third kappa shape index (κ3) is 2.19. The summed E-state index contributed by atoms with van der Waals surface area (Å²) < 4.78 is 0. The molecule has 96 valence electrons. The topological polar surface area (TPSA) is 73.1 Å². The van der Waals surface area contributed by atoms with Crippen LogP contribution in [0.3, 0.4) is 0 Å². The first-order valence-electron chi connectivity index (χ1n) is 6.19. The third-order valence-electron chi connectivity index (χ3n) is 3.48. The van der Waals surface area contributed by atoms with E-state index in [-0.39, 0.29) is 17.4 Å². The van der Waals surface area contributed by atoms with Crippen LogP contribution < -0.4 is 0 Å². The number of hydrogen-bond donors (Lipinski definition) is 0. The lowest BCUT2D eigenvalue weighted by atomic mass is 9.99. The van der Waals surface area contributed by atoms with Crippen LogP contribution >= 0.6 is 0 Å². The number of rotatable bonds is 4. The Morgan fingerprint density at radius 2 is 2.11 bits per heavy atom. The van der Waals surface area contributed by atoms with Gasteiger partial charge in [-0.2, -0.15) is 0 Å². The highest BCUT2D eigenvalue weighted by Crippen LogP contribution is 2.33. The van der Waals surface area contributed by atoms with Gasteiger partial charge in [-0.25, -0.2) is 0 Å². The number of fused-ring (bicyclic) bond motifs is 1. The predicted molar refractivity (Wildman–Crippen MR) is 69.8 cm³/mol. The Balaban J connectivity index is 2.08. The van der Waals surface area contributed by atoms with Crippen molar-refractivity contribution < 1.29 is 9.72 Å². The normalized spacial score (nSPS) is 14.5. The van der Waals surface area contributed by atoms with Gasteiger partial charge in [-0.3, -0.25) is 19.9 Å². The molecule has 0 amide bonds. The minimum absolute atomic E-state index is 0.0331. The first-order valence-corrected chi connectivity index (χ1v) is 6.19. The molecule has 0 unspecified atom stereocenters. The first-order chi connectivity index (χ1) is 9.16. The third-order valence-corrected chi connectivity index (χ3v) is 3.48. The predicted octanol–water partition coefficient (Wildman–Crippen LogP) is 2.66. The number of ketones is 1. The standard InChI is InChI=1S/C14H12N2O3/c17-14(9-1-2-9)7-10-3-4-13(16(18)19)12-8-15-6-5-11(10)12/h3-6,8-9H,1-2,7H2. The van der Waals surface area contributed by atoms with Gasteiger partial charge in [-0.05, 0) is 29.9 Å². The molecule has 0 atom stereocenters. The highest BCUT2D eigenvalue weighted by Gasteiger charge is 2.29. The van der Waals surface area contributed by atoms with Gasteiger partial charge in [0.25, 0.3) is 5.69 Å². The molecule has 0 radical (unpaired) electrons. The van der Waals surface area contributed by atoms with Gasteiger partial charge in [-0.1, -0.05) is 6.07 Å². The molecule has 3 rings (SSSR count). The number of nitro groups is 1. The monoisotopic (exact) mass is 256 g/mol. The lowest BCUT2D eigenvalue weighted by molar-refractivity contribution is -0.383. The fourth-order valence-electron chi connectivity index (χ4n) is 2.29. The number of Topliss-reactive ketones (excluding diaryl/α,β-unsaturated/α-hetero) is 1. The van der Waals surface area contributed by atoms with Crippen molar-refractivity contribution in [1.29, 1.82) is 0 Å². The van der Waals surface area contributed by atoms with Crippen LogP contribution in [-0.2, 0) is 11.2 Å². The zero-order valence-corrected chi connectivity index (χ0v) is 10.2. The zero-order chi connectivity index (χ0) is 13.4. The van der Waals surface area contributed by atoms with Crippen molar-refractivity contribution in [3.63, 3.8) is 0 Å². The highest BCUT2D eigenvalue weighted by molar-refractivity contribution is 5.96. The molecule has 0 saturated heterocycles. The molecule has 1 aliphatic rings. The fourth-order valence-corrected chi connectivity index (χ4v) is 2.29. The number of aromatic nitrogens is 1. The summed E-state index contributed by atoms with van der Waals surface area (Å²) in [5, 5.41) is 12.2. The van der Waals surface area contributed by atoms with E-state index in [9.17, 15) is 14.9 Å². The van der Waals surface area contributed by atoms with Gasteiger partial charge in [0.1, 0.15) is 5.78 Å². The molecule has 2 aromatic rings. The minimum Gasteiger partial charge on any atom is -0.299 e. The molecule has 0 bridgehead atoms. The average Bonchev–Trinajstić information content (AvgIpc) is 3.23. The highest BCUT2D eigenvalue weighted by atomic mass is 16.6. The van der Waals surface area contributed by atoms with Gasteiger partial charge in [-0.15, -0.1) is 0 Å². The van der Waals surface area contributed by atoms with Crippen LogP contribution in [0.2, 0.25) is 0 Å². The van der Waals surface area contributed by atoms with Crippen molar-refractivity contribution in [1.82, 2.24) is 4.98 Å². The van der Waals surface area contributed by atoms with E-state index in [1.165, 1.54) is 12.3 Å². The zero-order valence-electron chi connectivity index (χ0n) is 10.2. The number of benzene rings is 1. The summed E-state index contributed by atoms with van der Waals surface area (Å²) in [6, 6.07) is 4.87. The lowest BCUT2D eigenvalue weighted by Crippen LogP contribution is -2.05. The van der Waals surface area contributed by atoms with E-state index in [0.717, 1.165) is 23.8 Å².